The van der Waals surface area contributed by atoms with Crippen molar-refractivity contribution in [2.24, 2.45) is 0 Å². The van der Waals surface area contributed by atoms with Crippen LogP contribution in [0.3, 0.4) is 0 Å². The van der Waals surface area contributed by atoms with E-state index in [1.165, 1.54) is 12.8 Å². The van der Waals surface area contributed by atoms with Gasteiger partial charge < -0.3 is 15.5 Å². The minimum absolute atomic E-state index is 0.183. The number of nitrogens with two attached hydrogens (primary N) is 1. The van der Waals surface area contributed by atoms with E-state index in [1.54, 1.807) is 0 Å². The summed E-state index contributed by atoms with van der Waals surface area (Å²) in [7, 11) is 0. The fourth-order valence-electron chi connectivity index (χ4n) is 2.95. The fraction of sp³-hybridized carbons (Fsp3) is 0.562. The molecular weight excluding hydrogens is 250 g/mol. The lowest BCUT2D eigenvalue weighted by Gasteiger charge is -2.34. The van der Waals surface area contributed by atoms with Crippen LogP contribution in [-0.4, -0.2) is 48.4 Å². The normalized spacial score (nSPS) is 20.1. The number of piperazine rings is 1. The fourth-order valence-corrected chi connectivity index (χ4v) is 2.95. The van der Waals surface area contributed by atoms with Gasteiger partial charge in [0.15, 0.2) is 0 Å². The van der Waals surface area contributed by atoms with Gasteiger partial charge in [-0.2, -0.15) is 0 Å². The molecule has 1 heterocycles. The monoisotopic (exact) mass is 273 g/mol. The van der Waals surface area contributed by atoms with E-state index in [1.807, 2.05) is 23.1 Å². The SMILES string of the molecule is CCN1CCN(C(=O)c2ccc(N)cc2C2CC2)CC1. The standard InChI is InChI=1S/C16H23N3O/c1-2-18-7-9-19(10-8-18)16(20)14-6-5-13(17)11-15(14)12-3-4-12/h5-6,11-12H,2-4,7-10,17H2,1H3. The van der Waals surface area contributed by atoms with Crippen LogP contribution < -0.4 is 5.73 Å². The van der Waals surface area contributed by atoms with E-state index >= 15 is 0 Å². The van der Waals surface area contributed by atoms with Crippen LogP contribution in [0.4, 0.5) is 5.69 Å². The number of nitrogens with zero attached hydrogens (tertiary/aromatic N) is 2. The molecule has 1 aliphatic carbocycles. The maximum Gasteiger partial charge on any atom is 0.254 e. The van der Waals surface area contributed by atoms with Gasteiger partial charge >= 0.3 is 0 Å². The Kier molecular flexibility index (Phi) is 3.66. The highest BCUT2D eigenvalue weighted by Crippen LogP contribution is 2.42. The van der Waals surface area contributed by atoms with Crippen LogP contribution in [0.1, 0.15) is 41.6 Å². The predicted octanol–water partition coefficient (Wildman–Crippen LogP) is 1.92. The highest BCUT2D eigenvalue weighted by molar-refractivity contribution is 5.96. The lowest BCUT2D eigenvalue weighted by molar-refractivity contribution is 0.0642. The van der Waals surface area contributed by atoms with Crippen molar-refractivity contribution in [1.82, 2.24) is 9.80 Å². The van der Waals surface area contributed by atoms with Gasteiger partial charge in [0.1, 0.15) is 0 Å². The number of anilines is 1. The van der Waals surface area contributed by atoms with Gasteiger partial charge in [0, 0.05) is 37.4 Å². The first-order valence-corrected chi connectivity index (χ1v) is 7.60. The minimum atomic E-state index is 0.183. The van der Waals surface area contributed by atoms with Gasteiger partial charge in [-0.05, 0) is 49.1 Å². The van der Waals surface area contributed by atoms with Crippen LogP contribution in [0.25, 0.3) is 0 Å². The molecule has 3 rings (SSSR count). The van der Waals surface area contributed by atoms with Gasteiger partial charge in [0.05, 0.1) is 0 Å². The van der Waals surface area contributed by atoms with Gasteiger partial charge in [0.25, 0.3) is 5.91 Å². The van der Waals surface area contributed by atoms with Crippen molar-refractivity contribution in [3.63, 3.8) is 0 Å². The van der Waals surface area contributed by atoms with Gasteiger partial charge in [0.2, 0.25) is 0 Å². The summed E-state index contributed by atoms with van der Waals surface area (Å²) in [6.45, 7) is 6.87. The van der Waals surface area contributed by atoms with Crippen LogP contribution in [0.2, 0.25) is 0 Å². The molecule has 108 valence electrons. The van der Waals surface area contributed by atoms with Gasteiger partial charge in [-0.25, -0.2) is 0 Å². The molecule has 0 unspecified atom stereocenters. The van der Waals surface area contributed by atoms with E-state index in [9.17, 15) is 4.79 Å². The molecule has 0 radical (unpaired) electrons. The first-order valence-electron chi connectivity index (χ1n) is 7.60. The number of nitrogen functional groups attached to an aromatic ring is 1. The van der Waals surface area contributed by atoms with E-state index in [0.29, 0.717) is 5.92 Å². The molecule has 0 spiro atoms. The Hall–Kier alpha value is -1.55. The molecule has 2 N–H and O–H groups in total. The van der Waals surface area contributed by atoms with E-state index in [0.717, 1.165) is 49.5 Å². The Balaban J connectivity index is 1.77. The zero-order chi connectivity index (χ0) is 14.1. The van der Waals surface area contributed by atoms with Gasteiger partial charge in [-0.3, -0.25) is 4.79 Å². The lowest BCUT2D eigenvalue weighted by atomic mass is 10.0. The Morgan fingerprint density at radius 1 is 1.25 bits per heavy atom. The summed E-state index contributed by atoms with van der Waals surface area (Å²) in [6, 6.07) is 5.76. The molecule has 1 aromatic carbocycles. The Morgan fingerprint density at radius 3 is 2.55 bits per heavy atom. The van der Waals surface area contributed by atoms with Gasteiger partial charge in [-0.1, -0.05) is 6.92 Å². The molecule has 4 heteroatoms. The van der Waals surface area contributed by atoms with Crippen molar-refractivity contribution in [3.8, 4) is 0 Å². The number of hydrogen-bond acceptors (Lipinski definition) is 3. The number of benzene rings is 1. The molecule has 0 atom stereocenters. The molecule has 1 saturated heterocycles. The van der Waals surface area contributed by atoms with Crippen molar-refractivity contribution in [3.05, 3.63) is 29.3 Å². The van der Waals surface area contributed by atoms with Crippen LogP contribution in [0.15, 0.2) is 18.2 Å². The second-order valence-electron chi connectivity index (χ2n) is 5.85. The first-order chi connectivity index (χ1) is 9.69. The van der Waals surface area contributed by atoms with E-state index in [4.69, 9.17) is 5.73 Å². The summed E-state index contributed by atoms with van der Waals surface area (Å²) in [6.07, 6.45) is 2.38. The molecule has 1 amide bonds. The molecule has 20 heavy (non-hydrogen) atoms. The van der Waals surface area contributed by atoms with Crippen molar-refractivity contribution < 1.29 is 4.79 Å². The molecule has 1 aromatic rings. The molecule has 1 saturated carbocycles. The second kappa shape index (κ2) is 5.44. The average Bonchev–Trinajstić information content (AvgIpc) is 3.31. The van der Waals surface area contributed by atoms with Crippen LogP contribution in [0.5, 0.6) is 0 Å². The quantitative estimate of drug-likeness (QED) is 0.856. The predicted molar refractivity (Wildman–Crippen MR) is 80.8 cm³/mol. The number of rotatable bonds is 3. The Labute approximate surface area is 120 Å². The maximum atomic E-state index is 12.7. The van der Waals surface area contributed by atoms with Crippen LogP contribution in [0, 0.1) is 0 Å². The number of carbonyl (C=O) groups is 1. The molecule has 0 bridgehead atoms. The molecule has 1 aliphatic heterocycles. The number of carbonyl (C=O) groups excluding carboxylic acids is 1. The van der Waals surface area contributed by atoms with E-state index < -0.39 is 0 Å². The van der Waals surface area contributed by atoms with E-state index in [2.05, 4.69) is 11.8 Å². The maximum absolute atomic E-state index is 12.7. The zero-order valence-electron chi connectivity index (χ0n) is 12.1. The third-order valence-electron chi connectivity index (χ3n) is 4.43. The summed E-state index contributed by atoms with van der Waals surface area (Å²) in [5.41, 5.74) is 8.67. The molecular formula is C16H23N3O. The van der Waals surface area contributed by atoms with Crippen molar-refractivity contribution in [2.45, 2.75) is 25.7 Å². The summed E-state index contributed by atoms with van der Waals surface area (Å²) < 4.78 is 0. The molecule has 2 fully saturated rings. The largest absolute Gasteiger partial charge is 0.399 e. The minimum Gasteiger partial charge on any atom is -0.399 e. The van der Waals surface area contributed by atoms with Gasteiger partial charge in [-0.15, -0.1) is 0 Å². The number of likely N-dealkylation sites (N-methyl/N-ethyl adjacent to an activating group) is 1. The summed E-state index contributed by atoms with van der Waals surface area (Å²) >= 11 is 0. The topological polar surface area (TPSA) is 49.6 Å². The second-order valence-corrected chi connectivity index (χ2v) is 5.85. The zero-order valence-corrected chi connectivity index (χ0v) is 12.1. The third-order valence-corrected chi connectivity index (χ3v) is 4.43. The lowest BCUT2D eigenvalue weighted by Crippen LogP contribution is -2.48. The average molecular weight is 273 g/mol. The highest BCUT2D eigenvalue weighted by Gasteiger charge is 2.30. The highest BCUT2D eigenvalue weighted by atomic mass is 16.2. The summed E-state index contributed by atoms with van der Waals surface area (Å²) in [5, 5.41) is 0. The van der Waals surface area contributed by atoms with Crippen LogP contribution in [-0.2, 0) is 0 Å². The van der Waals surface area contributed by atoms with Crippen molar-refractivity contribution in [1.29, 1.82) is 0 Å². The summed E-state index contributed by atoms with van der Waals surface area (Å²) in [4.78, 5) is 17.1. The number of amides is 1. The third kappa shape index (κ3) is 2.66. The first kappa shape index (κ1) is 13.4. The Morgan fingerprint density at radius 2 is 1.95 bits per heavy atom. The summed E-state index contributed by atoms with van der Waals surface area (Å²) in [5.74, 6) is 0.733. The smallest absolute Gasteiger partial charge is 0.254 e. The molecule has 4 nitrogen and oxygen atoms in total. The molecule has 2 aliphatic rings. The van der Waals surface area contributed by atoms with Crippen molar-refractivity contribution >= 4 is 11.6 Å². The molecule has 0 aromatic heterocycles. The number of hydrogen-bond donors (Lipinski definition) is 1. The Bertz CT molecular complexity index is 502. The van der Waals surface area contributed by atoms with Crippen LogP contribution >= 0.6 is 0 Å². The van der Waals surface area contributed by atoms with E-state index in [-0.39, 0.29) is 5.91 Å². The van der Waals surface area contributed by atoms with Crippen molar-refractivity contribution in [2.75, 3.05) is 38.5 Å².